The van der Waals surface area contributed by atoms with Crippen molar-refractivity contribution >= 4 is 0 Å². The Labute approximate surface area is 128 Å². The van der Waals surface area contributed by atoms with Gasteiger partial charge >= 0.3 is 0 Å². The van der Waals surface area contributed by atoms with Crippen LogP contribution in [-0.4, -0.2) is 33.1 Å². The third-order valence-electron chi connectivity index (χ3n) is 4.89. The van der Waals surface area contributed by atoms with Crippen molar-refractivity contribution < 1.29 is 5.11 Å². The number of nitrogens with zero attached hydrogens (tertiary/aromatic N) is 2. The summed E-state index contributed by atoms with van der Waals surface area (Å²) in [6, 6.07) is 0.790. The molecule has 0 amide bonds. The van der Waals surface area contributed by atoms with Gasteiger partial charge in [0.05, 0.1) is 18.3 Å². The minimum atomic E-state index is -0.143. The fraction of sp³-hybridized carbons (Fsp3) is 0.824. The van der Waals surface area contributed by atoms with Gasteiger partial charge in [0.15, 0.2) is 0 Å². The highest BCUT2D eigenvalue weighted by atomic mass is 16.3. The first-order valence-corrected chi connectivity index (χ1v) is 8.35. The molecule has 1 saturated carbocycles. The van der Waals surface area contributed by atoms with Crippen LogP contribution in [0.3, 0.4) is 0 Å². The van der Waals surface area contributed by atoms with E-state index in [9.17, 15) is 5.11 Å². The Kier molecular flexibility index (Phi) is 5.10. The van der Waals surface area contributed by atoms with Gasteiger partial charge in [-0.25, -0.2) is 0 Å². The first-order chi connectivity index (χ1) is 9.92. The van der Waals surface area contributed by atoms with Crippen molar-refractivity contribution in [2.45, 2.75) is 84.3 Å². The first-order valence-electron chi connectivity index (χ1n) is 8.35. The highest BCUT2D eigenvalue weighted by molar-refractivity contribution is 5.25. The number of hydrogen-bond donors (Lipinski definition) is 2. The Hall–Kier alpha value is -0.870. The van der Waals surface area contributed by atoms with Crippen molar-refractivity contribution in [3.63, 3.8) is 0 Å². The minimum Gasteiger partial charge on any atom is -0.394 e. The number of aliphatic hydroxyl groups excluding tert-OH is 1. The SMILES string of the molecule is CCc1c(C)nn(C2CCCC(CO)(NC(C)C)C2)c1C. The van der Waals surface area contributed by atoms with Crippen LogP contribution in [0.1, 0.15) is 69.4 Å². The number of aromatic nitrogens is 2. The molecule has 0 spiro atoms. The molecule has 0 saturated heterocycles. The highest BCUT2D eigenvalue weighted by Crippen LogP contribution is 2.36. The summed E-state index contributed by atoms with van der Waals surface area (Å²) in [6.07, 6.45) is 5.36. The van der Waals surface area contributed by atoms with Gasteiger partial charge in [0.1, 0.15) is 0 Å². The maximum absolute atomic E-state index is 9.94. The summed E-state index contributed by atoms with van der Waals surface area (Å²) < 4.78 is 2.22. The average molecular weight is 293 g/mol. The third kappa shape index (κ3) is 3.32. The molecule has 2 rings (SSSR count). The van der Waals surface area contributed by atoms with Crippen LogP contribution in [0.2, 0.25) is 0 Å². The lowest BCUT2D eigenvalue weighted by Gasteiger charge is -2.42. The number of aliphatic hydroxyl groups is 1. The van der Waals surface area contributed by atoms with E-state index in [2.05, 4.69) is 44.6 Å². The molecule has 1 aromatic heterocycles. The number of rotatable bonds is 5. The normalized spacial score (nSPS) is 26.5. The summed E-state index contributed by atoms with van der Waals surface area (Å²) in [5.74, 6) is 0. The molecule has 120 valence electrons. The van der Waals surface area contributed by atoms with Crippen LogP contribution in [0.5, 0.6) is 0 Å². The lowest BCUT2D eigenvalue weighted by Crippen LogP contribution is -2.54. The smallest absolute Gasteiger partial charge is 0.0628 e. The van der Waals surface area contributed by atoms with E-state index in [-0.39, 0.29) is 12.1 Å². The van der Waals surface area contributed by atoms with Gasteiger partial charge in [0.25, 0.3) is 0 Å². The number of nitrogens with one attached hydrogen (secondary N) is 1. The number of aryl methyl sites for hydroxylation is 1. The van der Waals surface area contributed by atoms with E-state index in [1.54, 1.807) is 0 Å². The van der Waals surface area contributed by atoms with E-state index >= 15 is 0 Å². The van der Waals surface area contributed by atoms with E-state index in [0.29, 0.717) is 12.1 Å². The molecule has 1 heterocycles. The largest absolute Gasteiger partial charge is 0.394 e. The van der Waals surface area contributed by atoms with Crippen LogP contribution >= 0.6 is 0 Å². The molecule has 0 aromatic carbocycles. The van der Waals surface area contributed by atoms with Gasteiger partial charge in [0.2, 0.25) is 0 Å². The lowest BCUT2D eigenvalue weighted by atomic mass is 9.79. The first kappa shape index (κ1) is 16.5. The zero-order valence-corrected chi connectivity index (χ0v) is 14.2. The molecule has 4 heteroatoms. The highest BCUT2D eigenvalue weighted by Gasteiger charge is 2.37. The zero-order valence-electron chi connectivity index (χ0n) is 14.2. The van der Waals surface area contributed by atoms with Crippen LogP contribution in [0.15, 0.2) is 0 Å². The lowest BCUT2D eigenvalue weighted by molar-refractivity contribution is 0.0867. The maximum atomic E-state index is 9.94. The van der Waals surface area contributed by atoms with Crippen molar-refractivity contribution in [1.29, 1.82) is 0 Å². The molecular formula is C17H31N3O. The van der Waals surface area contributed by atoms with Gasteiger partial charge < -0.3 is 10.4 Å². The molecule has 2 N–H and O–H groups in total. The summed E-state index contributed by atoms with van der Waals surface area (Å²) in [4.78, 5) is 0. The Bertz CT molecular complexity index is 481. The van der Waals surface area contributed by atoms with Crippen LogP contribution < -0.4 is 5.32 Å². The van der Waals surface area contributed by atoms with Crippen molar-refractivity contribution in [1.82, 2.24) is 15.1 Å². The van der Waals surface area contributed by atoms with E-state index in [1.165, 1.54) is 11.3 Å². The summed E-state index contributed by atoms with van der Waals surface area (Å²) in [7, 11) is 0. The van der Waals surface area contributed by atoms with Crippen LogP contribution in [0.25, 0.3) is 0 Å². The van der Waals surface area contributed by atoms with E-state index < -0.39 is 0 Å². The zero-order chi connectivity index (χ0) is 15.6. The van der Waals surface area contributed by atoms with Gasteiger partial charge in [-0.05, 0) is 51.5 Å². The van der Waals surface area contributed by atoms with Crippen molar-refractivity contribution in [2.75, 3.05) is 6.61 Å². The van der Waals surface area contributed by atoms with E-state index in [4.69, 9.17) is 5.10 Å². The average Bonchev–Trinajstić information content (AvgIpc) is 2.73. The van der Waals surface area contributed by atoms with Gasteiger partial charge in [-0.2, -0.15) is 5.10 Å². The quantitative estimate of drug-likeness (QED) is 0.877. The van der Waals surface area contributed by atoms with Crippen molar-refractivity contribution in [2.24, 2.45) is 0 Å². The van der Waals surface area contributed by atoms with E-state index in [1.807, 2.05) is 0 Å². The second-order valence-electron chi connectivity index (χ2n) is 6.94. The topological polar surface area (TPSA) is 50.1 Å². The Morgan fingerprint density at radius 3 is 2.67 bits per heavy atom. The monoisotopic (exact) mass is 293 g/mol. The second-order valence-corrected chi connectivity index (χ2v) is 6.94. The van der Waals surface area contributed by atoms with Crippen molar-refractivity contribution in [3.05, 3.63) is 17.0 Å². The van der Waals surface area contributed by atoms with Crippen molar-refractivity contribution in [3.8, 4) is 0 Å². The van der Waals surface area contributed by atoms with Crippen LogP contribution in [-0.2, 0) is 6.42 Å². The molecular weight excluding hydrogens is 262 g/mol. The Balaban J connectivity index is 2.25. The molecule has 4 nitrogen and oxygen atoms in total. The summed E-state index contributed by atoms with van der Waals surface area (Å²) in [6.45, 7) is 11.0. The third-order valence-corrected chi connectivity index (χ3v) is 4.89. The van der Waals surface area contributed by atoms with Crippen LogP contribution in [0.4, 0.5) is 0 Å². The maximum Gasteiger partial charge on any atom is 0.0628 e. The summed E-state index contributed by atoms with van der Waals surface area (Å²) >= 11 is 0. The van der Waals surface area contributed by atoms with Gasteiger partial charge in [-0.1, -0.05) is 20.8 Å². The second kappa shape index (κ2) is 6.49. The standard InChI is InChI=1S/C17H31N3O/c1-6-16-13(4)19-20(14(16)5)15-8-7-9-17(10-15,11-21)18-12(2)3/h12,15,18,21H,6-11H2,1-5H3. The summed E-state index contributed by atoms with van der Waals surface area (Å²) in [5.41, 5.74) is 3.70. The Morgan fingerprint density at radius 1 is 1.43 bits per heavy atom. The predicted octanol–water partition coefficient (Wildman–Crippen LogP) is 2.91. The molecule has 1 aliphatic carbocycles. The minimum absolute atomic E-state index is 0.143. The van der Waals surface area contributed by atoms with Gasteiger partial charge in [0, 0.05) is 17.3 Å². The van der Waals surface area contributed by atoms with Gasteiger partial charge in [-0.15, -0.1) is 0 Å². The molecule has 2 unspecified atom stereocenters. The van der Waals surface area contributed by atoms with E-state index in [0.717, 1.165) is 37.8 Å². The summed E-state index contributed by atoms with van der Waals surface area (Å²) in [5, 5.41) is 18.3. The molecule has 0 radical (unpaired) electrons. The fourth-order valence-corrected chi connectivity index (χ4v) is 4.04. The van der Waals surface area contributed by atoms with Gasteiger partial charge in [-0.3, -0.25) is 4.68 Å². The number of hydrogen-bond acceptors (Lipinski definition) is 3. The molecule has 2 atom stereocenters. The molecule has 0 aliphatic heterocycles. The molecule has 1 fully saturated rings. The molecule has 0 bridgehead atoms. The molecule has 21 heavy (non-hydrogen) atoms. The fourth-order valence-electron chi connectivity index (χ4n) is 4.04. The van der Waals surface area contributed by atoms with Crippen LogP contribution in [0, 0.1) is 13.8 Å². The Morgan fingerprint density at radius 2 is 2.14 bits per heavy atom. The molecule has 1 aromatic rings. The molecule has 1 aliphatic rings. The predicted molar refractivity (Wildman–Crippen MR) is 86.7 cm³/mol.